The van der Waals surface area contributed by atoms with E-state index in [1.54, 1.807) is 49.4 Å². The topological polar surface area (TPSA) is 178 Å². The minimum absolute atomic E-state index is 0. The van der Waals surface area contributed by atoms with Crippen molar-refractivity contribution in [1.82, 2.24) is 0 Å². The van der Waals surface area contributed by atoms with Crippen LogP contribution in [0, 0.1) is 6.92 Å². The summed E-state index contributed by atoms with van der Waals surface area (Å²) in [6.07, 6.45) is 0. The summed E-state index contributed by atoms with van der Waals surface area (Å²) in [4.78, 5) is 11.2. The van der Waals surface area contributed by atoms with Crippen molar-refractivity contribution in [3.05, 3.63) is 77.4 Å². The number of benzene rings is 3. The molecule has 0 saturated heterocycles. The van der Waals surface area contributed by atoms with Crippen LogP contribution in [0.25, 0.3) is 0 Å². The van der Waals surface area contributed by atoms with Gasteiger partial charge in [-0.3, -0.25) is 9.56 Å². The third kappa shape index (κ3) is 6.64. The second kappa shape index (κ2) is 11.1. The number of amidine groups is 1. The van der Waals surface area contributed by atoms with Gasteiger partial charge in [0.05, 0.1) is 21.8 Å². The Bertz CT molecular complexity index is 1410. The normalized spacial score (nSPS) is 11.8. The first kappa shape index (κ1) is 27.5. The first-order valence-electron chi connectivity index (χ1n) is 9.71. The van der Waals surface area contributed by atoms with E-state index in [9.17, 15) is 28.0 Å². The molecule has 0 heterocycles. The zero-order valence-electron chi connectivity index (χ0n) is 18.4. The summed E-state index contributed by atoms with van der Waals surface area (Å²) in [6.45, 7) is 1.78. The predicted octanol–water partition coefficient (Wildman–Crippen LogP) is 3.81. The molecule has 0 aromatic heterocycles. The monoisotopic (exact) mass is 546 g/mol. The fourth-order valence-corrected chi connectivity index (χ4v) is 3.52. The van der Waals surface area contributed by atoms with E-state index in [2.05, 4.69) is 15.3 Å². The number of carboxylic acids is 1. The maximum Gasteiger partial charge on any atom is 0.337 e. The number of hydrogen-bond donors (Lipinski definition) is 4. The van der Waals surface area contributed by atoms with Gasteiger partial charge in [0.25, 0.3) is 10.1 Å². The van der Waals surface area contributed by atoms with Crippen LogP contribution in [0.1, 0.15) is 21.5 Å². The van der Waals surface area contributed by atoms with E-state index in [0.717, 1.165) is 17.7 Å². The molecule has 0 aliphatic rings. The Morgan fingerprint density at radius 1 is 1.06 bits per heavy atom. The number of phenolic OH excluding ortho intramolecular Hbond substituents is 1. The van der Waals surface area contributed by atoms with Crippen molar-refractivity contribution < 1.29 is 45.0 Å². The Kier molecular flexibility index (Phi) is 8.72. The molecule has 11 nitrogen and oxygen atoms in total. The Morgan fingerprint density at radius 2 is 1.71 bits per heavy atom. The number of carboxylic acid groups (broad SMARTS) is 1. The minimum Gasteiger partial charge on any atom is -0.504 e. The third-order valence-corrected chi connectivity index (χ3v) is 5.49. The largest absolute Gasteiger partial charge is 0.504 e. The number of azo groups is 1. The number of aromatic carboxylic acids is 1. The van der Waals surface area contributed by atoms with Gasteiger partial charge < -0.3 is 15.9 Å². The van der Waals surface area contributed by atoms with Crippen LogP contribution in [0.15, 0.2) is 80.9 Å². The molecule has 3 rings (SSSR count). The number of hydrazone groups is 1. The van der Waals surface area contributed by atoms with Crippen molar-refractivity contribution in [2.75, 3.05) is 17.8 Å². The molecule has 3 aromatic rings. The van der Waals surface area contributed by atoms with Crippen LogP contribution in [0.3, 0.4) is 0 Å². The SMILES string of the molecule is Cc1cc(N)c(O)c(N=N/C(=N\N(C)c2ccc(S(=O)(=O)O)cc2C(=O)O)c2ccccc2)c1.[Cu]. The number of aryl methyl sites for hydroxylation is 1. The molecule has 3 aromatic carbocycles. The Hall–Kier alpha value is -3.77. The average Bonchev–Trinajstić information content (AvgIpc) is 2.78. The zero-order valence-corrected chi connectivity index (χ0v) is 20.2. The fraction of sp³-hybridized carbons (Fsp3) is 0.0909. The molecule has 13 heteroatoms. The number of aromatic hydroxyl groups is 1. The van der Waals surface area contributed by atoms with E-state index < -0.39 is 26.5 Å². The van der Waals surface area contributed by atoms with E-state index in [1.807, 2.05) is 0 Å². The van der Waals surface area contributed by atoms with Crippen LogP contribution in [0.5, 0.6) is 5.75 Å². The number of carbonyl (C=O) groups is 1. The van der Waals surface area contributed by atoms with E-state index in [4.69, 9.17) is 5.73 Å². The smallest absolute Gasteiger partial charge is 0.337 e. The van der Waals surface area contributed by atoms with Gasteiger partial charge in [-0.15, -0.1) is 10.2 Å². The Morgan fingerprint density at radius 3 is 2.31 bits per heavy atom. The summed E-state index contributed by atoms with van der Waals surface area (Å²) in [5.41, 5.74) is 6.94. The van der Waals surface area contributed by atoms with E-state index in [1.165, 1.54) is 18.1 Å². The second-order valence-corrected chi connectivity index (χ2v) is 8.62. The maximum atomic E-state index is 11.7. The molecule has 0 fully saturated rings. The molecule has 0 saturated carbocycles. The fourth-order valence-electron chi connectivity index (χ4n) is 3.01. The predicted molar refractivity (Wildman–Crippen MR) is 126 cm³/mol. The number of anilines is 2. The summed E-state index contributed by atoms with van der Waals surface area (Å²) >= 11 is 0. The molecule has 0 amide bonds. The van der Waals surface area contributed by atoms with Crippen molar-refractivity contribution in [3.8, 4) is 5.75 Å². The van der Waals surface area contributed by atoms with Gasteiger partial charge in [-0.2, -0.15) is 13.5 Å². The molecule has 35 heavy (non-hydrogen) atoms. The summed E-state index contributed by atoms with van der Waals surface area (Å²) in [5, 5.41) is 33.5. The van der Waals surface area contributed by atoms with Gasteiger partial charge in [-0.1, -0.05) is 30.3 Å². The van der Waals surface area contributed by atoms with Gasteiger partial charge in [-0.05, 0) is 42.8 Å². The zero-order chi connectivity index (χ0) is 25.0. The maximum absolute atomic E-state index is 11.7. The van der Waals surface area contributed by atoms with Crippen molar-refractivity contribution in [1.29, 1.82) is 0 Å². The Balaban J connectivity index is 0.00000432. The summed E-state index contributed by atoms with van der Waals surface area (Å²) < 4.78 is 32.1. The van der Waals surface area contributed by atoms with Crippen molar-refractivity contribution in [3.63, 3.8) is 0 Å². The summed E-state index contributed by atoms with van der Waals surface area (Å²) in [7, 11) is -3.16. The van der Waals surface area contributed by atoms with Gasteiger partial charge in [0.2, 0.25) is 5.84 Å². The van der Waals surface area contributed by atoms with Crippen molar-refractivity contribution in [2.24, 2.45) is 15.3 Å². The van der Waals surface area contributed by atoms with Gasteiger partial charge in [0.15, 0.2) is 5.75 Å². The minimum atomic E-state index is -4.60. The van der Waals surface area contributed by atoms with Crippen molar-refractivity contribution >= 4 is 39.0 Å². The van der Waals surface area contributed by atoms with Crippen LogP contribution in [-0.4, -0.2) is 42.0 Å². The first-order chi connectivity index (χ1) is 16.0. The number of phenols is 1. The van der Waals surface area contributed by atoms with Crippen LogP contribution >= 0.6 is 0 Å². The molecule has 0 spiro atoms. The van der Waals surface area contributed by atoms with Gasteiger partial charge in [0, 0.05) is 29.7 Å². The first-order valence-corrected chi connectivity index (χ1v) is 11.1. The average molecular weight is 547 g/mol. The molecular weight excluding hydrogens is 526 g/mol. The number of nitrogens with two attached hydrogens (primary N) is 1. The van der Waals surface area contributed by atoms with Gasteiger partial charge in [0.1, 0.15) is 5.69 Å². The van der Waals surface area contributed by atoms with Gasteiger partial charge in [-0.25, -0.2) is 4.79 Å². The van der Waals surface area contributed by atoms with Gasteiger partial charge >= 0.3 is 5.97 Å². The standard InChI is InChI=1S/C22H21N5O6S.Cu/c1-13-10-17(23)20(28)18(11-13)24-25-21(14-6-4-3-5-7-14)26-27(2)19-9-8-15(34(31,32)33)12-16(19)22(29)30;/h3-12,28H,23H2,1-2H3,(H,29,30)(H,31,32,33);/b25-24?,26-21-;. The van der Waals surface area contributed by atoms with E-state index >= 15 is 0 Å². The molecule has 0 bridgehead atoms. The van der Waals surface area contributed by atoms with Crippen LogP contribution in [-0.2, 0) is 27.2 Å². The number of nitrogens with zero attached hydrogens (tertiary/aromatic N) is 4. The van der Waals surface area contributed by atoms with Crippen molar-refractivity contribution in [2.45, 2.75) is 11.8 Å². The second-order valence-electron chi connectivity index (χ2n) is 7.19. The van der Waals surface area contributed by atoms with Crippen LogP contribution < -0.4 is 10.7 Å². The molecule has 5 N–H and O–H groups in total. The molecule has 0 atom stereocenters. The van der Waals surface area contributed by atoms with E-state index in [-0.39, 0.29) is 45.7 Å². The van der Waals surface area contributed by atoms with E-state index in [0.29, 0.717) is 5.56 Å². The number of hydrogen-bond acceptors (Lipinski definition) is 8. The molecule has 0 aliphatic carbocycles. The number of rotatable bonds is 6. The molecular formula is C22H21CuN5O6S. The molecule has 0 unspecified atom stereocenters. The number of nitrogen functional groups attached to an aromatic ring is 1. The third-order valence-electron chi connectivity index (χ3n) is 4.64. The summed E-state index contributed by atoms with van der Waals surface area (Å²) in [6, 6.07) is 14.9. The molecule has 187 valence electrons. The quantitative estimate of drug-likeness (QED) is 0.0526. The van der Waals surface area contributed by atoms with Crippen LogP contribution in [0.2, 0.25) is 0 Å². The summed E-state index contributed by atoms with van der Waals surface area (Å²) in [5.74, 6) is -1.60. The van der Waals surface area contributed by atoms with Crippen LogP contribution in [0.4, 0.5) is 17.1 Å². The molecule has 0 aliphatic heterocycles. The molecule has 1 radical (unpaired) electrons. The Labute approximate surface area is 211 Å².